The lowest BCUT2D eigenvalue weighted by Gasteiger charge is -2.29. The predicted molar refractivity (Wildman–Crippen MR) is 167 cm³/mol. The maximum absolute atomic E-state index is 13.8. The molecular formula is C34H35ClN4O6. The van der Waals surface area contributed by atoms with Gasteiger partial charge in [-0.25, -0.2) is 0 Å². The molecule has 2 aromatic rings. The van der Waals surface area contributed by atoms with Gasteiger partial charge >= 0.3 is 0 Å². The highest BCUT2D eigenvalue weighted by Gasteiger charge is 2.36. The molecule has 0 radical (unpaired) electrons. The van der Waals surface area contributed by atoms with E-state index in [0.717, 1.165) is 16.7 Å². The molecule has 1 aliphatic carbocycles. The number of allylic oxidation sites excluding steroid dienone is 2. The highest BCUT2D eigenvalue weighted by Crippen LogP contribution is 2.27. The van der Waals surface area contributed by atoms with Crippen molar-refractivity contribution >= 4 is 41.0 Å². The van der Waals surface area contributed by atoms with E-state index < -0.39 is 47.4 Å². The SMILES string of the molecule is O=C(NCc1ccccc1)C(=O)C(C[C@@H]1CCNC1=O)NC(=O)[C@H](Cc1ccccc1)NC(=O)C1C=C2C=C(Cl)C=CC2OC1. The fourth-order valence-corrected chi connectivity index (χ4v) is 5.73. The van der Waals surface area contributed by atoms with Crippen LogP contribution in [0.5, 0.6) is 0 Å². The number of hydrogen-bond donors (Lipinski definition) is 4. The smallest absolute Gasteiger partial charge is 0.289 e. The molecule has 0 aromatic heterocycles. The molecule has 45 heavy (non-hydrogen) atoms. The van der Waals surface area contributed by atoms with Crippen molar-refractivity contribution in [1.82, 2.24) is 21.3 Å². The van der Waals surface area contributed by atoms with Crippen molar-refractivity contribution in [1.29, 1.82) is 0 Å². The Kier molecular flexibility index (Phi) is 10.6. The van der Waals surface area contributed by atoms with E-state index >= 15 is 0 Å². The Hall–Kier alpha value is -4.54. The van der Waals surface area contributed by atoms with E-state index in [1.165, 1.54) is 0 Å². The van der Waals surface area contributed by atoms with Gasteiger partial charge in [-0.1, -0.05) is 78.3 Å². The third-order valence-electron chi connectivity index (χ3n) is 8.00. The summed E-state index contributed by atoms with van der Waals surface area (Å²) < 4.78 is 5.84. The van der Waals surface area contributed by atoms with Gasteiger partial charge in [0.05, 0.1) is 18.6 Å². The lowest BCUT2D eigenvalue weighted by Crippen LogP contribution is -2.56. The maximum atomic E-state index is 13.8. The van der Waals surface area contributed by atoms with Crippen LogP contribution in [0.4, 0.5) is 0 Å². The number of benzene rings is 2. The molecule has 5 rings (SSSR count). The van der Waals surface area contributed by atoms with Crippen LogP contribution in [0.2, 0.25) is 0 Å². The highest BCUT2D eigenvalue weighted by atomic mass is 35.5. The zero-order valence-corrected chi connectivity index (χ0v) is 25.3. The third kappa shape index (κ3) is 8.55. The molecule has 4 N–H and O–H groups in total. The molecule has 1 saturated heterocycles. The van der Waals surface area contributed by atoms with E-state index in [-0.39, 0.29) is 38.0 Å². The fraction of sp³-hybridized carbons (Fsp3) is 0.324. The van der Waals surface area contributed by atoms with Gasteiger partial charge in [-0.3, -0.25) is 24.0 Å². The number of fused-ring (bicyclic) bond motifs is 1. The van der Waals surface area contributed by atoms with E-state index in [1.807, 2.05) is 66.7 Å². The van der Waals surface area contributed by atoms with Crippen LogP contribution in [-0.4, -0.2) is 60.8 Å². The molecule has 4 amide bonds. The molecule has 0 saturated carbocycles. The summed E-state index contributed by atoms with van der Waals surface area (Å²) in [6.07, 6.45) is 7.31. The second-order valence-electron chi connectivity index (χ2n) is 11.3. The number of carbonyl (C=O) groups excluding carboxylic acids is 5. The van der Waals surface area contributed by atoms with Crippen molar-refractivity contribution < 1.29 is 28.7 Å². The summed E-state index contributed by atoms with van der Waals surface area (Å²) in [6, 6.07) is 15.9. The number of ketones is 1. The molecule has 1 fully saturated rings. The normalized spacial score (nSPS) is 21.7. The molecular weight excluding hydrogens is 596 g/mol. The first-order valence-electron chi connectivity index (χ1n) is 14.9. The van der Waals surface area contributed by atoms with Crippen LogP contribution in [0.15, 0.2) is 95.6 Å². The molecule has 5 atom stereocenters. The molecule has 0 spiro atoms. The largest absolute Gasteiger partial charge is 0.368 e. The first-order valence-corrected chi connectivity index (χ1v) is 15.3. The molecule has 11 heteroatoms. The number of amides is 4. The van der Waals surface area contributed by atoms with Gasteiger partial charge in [0.25, 0.3) is 5.91 Å². The second-order valence-corrected chi connectivity index (χ2v) is 11.7. The van der Waals surface area contributed by atoms with Gasteiger partial charge in [0.1, 0.15) is 12.1 Å². The van der Waals surface area contributed by atoms with Gasteiger partial charge in [-0.15, -0.1) is 0 Å². The van der Waals surface area contributed by atoms with Crippen LogP contribution < -0.4 is 21.3 Å². The molecule has 2 heterocycles. The highest BCUT2D eigenvalue weighted by molar-refractivity contribution is 6.38. The number of ether oxygens (including phenoxy) is 1. The van der Waals surface area contributed by atoms with Gasteiger partial charge in [0, 0.05) is 30.5 Å². The number of nitrogens with one attached hydrogen (secondary N) is 4. The average Bonchev–Trinajstić information content (AvgIpc) is 3.46. The number of carbonyl (C=O) groups is 5. The van der Waals surface area contributed by atoms with E-state index in [0.29, 0.717) is 18.0 Å². The van der Waals surface area contributed by atoms with Crippen molar-refractivity contribution in [2.24, 2.45) is 11.8 Å². The van der Waals surface area contributed by atoms with Crippen LogP contribution in [-0.2, 0) is 41.7 Å². The molecule has 3 unspecified atom stereocenters. The summed E-state index contributed by atoms with van der Waals surface area (Å²) in [5, 5.41) is 11.4. The number of Topliss-reactive ketones (excluding diaryl/α,β-unsaturated/α-hetero) is 1. The molecule has 10 nitrogen and oxygen atoms in total. The minimum Gasteiger partial charge on any atom is -0.368 e. The lowest BCUT2D eigenvalue weighted by molar-refractivity contribution is -0.141. The van der Waals surface area contributed by atoms with Crippen molar-refractivity contribution in [2.75, 3.05) is 13.2 Å². The first-order chi connectivity index (χ1) is 21.8. The van der Waals surface area contributed by atoms with Crippen molar-refractivity contribution in [3.8, 4) is 0 Å². The van der Waals surface area contributed by atoms with Crippen LogP contribution in [0.1, 0.15) is 24.0 Å². The number of halogens is 1. The van der Waals surface area contributed by atoms with Crippen molar-refractivity contribution in [3.63, 3.8) is 0 Å². The first kappa shape index (κ1) is 31.9. The zero-order valence-electron chi connectivity index (χ0n) is 24.5. The Balaban J connectivity index is 1.32. The summed E-state index contributed by atoms with van der Waals surface area (Å²) in [5.74, 6) is -4.30. The standard InChI is InChI=1S/C34H35ClN4O6/c35-26-11-12-29-24(17-26)16-25(20-45-29)32(42)39-28(15-21-7-3-1-4-8-21)33(43)38-27(18-23-13-14-36-31(23)41)30(40)34(44)37-19-22-9-5-2-6-10-22/h1-12,16-17,23,25,27-29H,13-15,18-20H2,(H,36,41)(H,37,44)(H,38,43)(H,39,42)/t23-,25?,27?,28-,29?/m0/s1. The van der Waals surface area contributed by atoms with Gasteiger partial charge in [-0.2, -0.15) is 0 Å². The Morgan fingerprint density at radius 2 is 1.67 bits per heavy atom. The lowest BCUT2D eigenvalue weighted by atomic mass is 9.94. The van der Waals surface area contributed by atoms with Gasteiger partial charge < -0.3 is 26.0 Å². The third-order valence-corrected chi connectivity index (χ3v) is 8.24. The Bertz CT molecular complexity index is 1520. The minimum atomic E-state index is -1.28. The van der Waals surface area contributed by atoms with E-state index in [2.05, 4.69) is 21.3 Å². The summed E-state index contributed by atoms with van der Waals surface area (Å²) >= 11 is 6.14. The topological polar surface area (TPSA) is 143 Å². The fourth-order valence-electron chi connectivity index (χ4n) is 5.53. The van der Waals surface area contributed by atoms with Crippen LogP contribution >= 0.6 is 11.6 Å². The Morgan fingerprint density at radius 1 is 0.956 bits per heavy atom. The maximum Gasteiger partial charge on any atom is 0.289 e. The van der Waals surface area contributed by atoms with E-state index in [1.54, 1.807) is 18.2 Å². The summed E-state index contributed by atoms with van der Waals surface area (Å²) in [7, 11) is 0. The predicted octanol–water partition coefficient (Wildman–Crippen LogP) is 2.24. The van der Waals surface area contributed by atoms with E-state index in [9.17, 15) is 24.0 Å². The zero-order chi connectivity index (χ0) is 31.8. The second kappa shape index (κ2) is 15.0. The van der Waals surface area contributed by atoms with E-state index in [4.69, 9.17) is 16.3 Å². The average molecular weight is 631 g/mol. The summed E-state index contributed by atoms with van der Waals surface area (Å²) in [4.78, 5) is 66.0. The quantitative estimate of drug-likeness (QED) is 0.265. The molecule has 0 bridgehead atoms. The summed E-state index contributed by atoms with van der Waals surface area (Å²) in [5.41, 5.74) is 2.33. The minimum absolute atomic E-state index is 0.0499. The number of hydrogen-bond acceptors (Lipinski definition) is 6. The van der Waals surface area contributed by atoms with Crippen LogP contribution in [0.25, 0.3) is 0 Å². The van der Waals surface area contributed by atoms with Gasteiger partial charge in [-0.05, 0) is 47.8 Å². The molecule has 2 aromatic carbocycles. The van der Waals surface area contributed by atoms with Crippen LogP contribution in [0.3, 0.4) is 0 Å². The van der Waals surface area contributed by atoms with Crippen molar-refractivity contribution in [3.05, 3.63) is 107 Å². The Labute approximate surface area is 266 Å². The van der Waals surface area contributed by atoms with Crippen molar-refractivity contribution in [2.45, 2.75) is 44.0 Å². The Morgan fingerprint density at radius 3 is 2.36 bits per heavy atom. The van der Waals surface area contributed by atoms with Gasteiger partial charge in [0.15, 0.2) is 0 Å². The molecule has 234 valence electrons. The number of rotatable bonds is 12. The van der Waals surface area contributed by atoms with Crippen LogP contribution in [0, 0.1) is 11.8 Å². The molecule has 3 aliphatic rings. The van der Waals surface area contributed by atoms with Gasteiger partial charge in [0.2, 0.25) is 23.5 Å². The summed E-state index contributed by atoms with van der Waals surface area (Å²) in [6.45, 7) is 0.676. The molecule has 2 aliphatic heterocycles. The monoisotopic (exact) mass is 630 g/mol.